The number of anilines is 1. The van der Waals surface area contributed by atoms with Crippen molar-refractivity contribution in [1.29, 1.82) is 0 Å². The predicted molar refractivity (Wildman–Crippen MR) is 87.4 cm³/mol. The van der Waals surface area contributed by atoms with Crippen molar-refractivity contribution in [2.24, 2.45) is 0 Å². The second-order valence-corrected chi connectivity index (χ2v) is 6.26. The van der Waals surface area contributed by atoms with Gasteiger partial charge in [0.15, 0.2) is 5.13 Å². The number of aromatic nitrogens is 1. The minimum Gasteiger partial charge on any atom is -0.375 e. The summed E-state index contributed by atoms with van der Waals surface area (Å²) in [5.41, 5.74) is 1.71. The van der Waals surface area contributed by atoms with E-state index in [-0.39, 0.29) is 5.91 Å². The Morgan fingerprint density at radius 2 is 2.05 bits per heavy atom. The number of hydrogen-bond acceptors (Lipinski definition) is 4. The lowest BCUT2D eigenvalue weighted by atomic mass is 10.0. The van der Waals surface area contributed by atoms with Crippen molar-refractivity contribution < 1.29 is 9.53 Å². The molecule has 0 saturated heterocycles. The second-order valence-electron chi connectivity index (χ2n) is 5.17. The lowest BCUT2D eigenvalue weighted by molar-refractivity contribution is 0.102. The van der Waals surface area contributed by atoms with Crippen LogP contribution in [0.2, 0.25) is 0 Å². The molecule has 0 radical (unpaired) electrons. The maximum atomic E-state index is 12.6. The molecule has 3 aromatic rings. The number of nitrogens with one attached hydrogen (secondary N) is 1. The number of carbonyl (C=O) groups is 1. The normalized spacial score (nSPS) is 13.8. The average molecular weight is 310 g/mol. The first kappa shape index (κ1) is 13.4. The van der Waals surface area contributed by atoms with Crippen LogP contribution in [-0.2, 0) is 17.8 Å². The van der Waals surface area contributed by atoms with Crippen molar-refractivity contribution >= 4 is 33.1 Å². The molecule has 1 aliphatic rings. The highest BCUT2D eigenvalue weighted by Gasteiger charge is 2.18. The number of fused-ring (bicyclic) bond motifs is 2. The van der Waals surface area contributed by atoms with E-state index in [1.165, 1.54) is 11.3 Å². The highest BCUT2D eigenvalue weighted by atomic mass is 32.1. The monoisotopic (exact) mass is 310 g/mol. The van der Waals surface area contributed by atoms with E-state index in [2.05, 4.69) is 10.3 Å². The number of thiazole rings is 1. The van der Waals surface area contributed by atoms with Gasteiger partial charge in [-0.2, -0.15) is 0 Å². The third kappa shape index (κ3) is 2.38. The van der Waals surface area contributed by atoms with E-state index < -0.39 is 0 Å². The zero-order valence-corrected chi connectivity index (χ0v) is 12.7. The zero-order chi connectivity index (χ0) is 14.9. The van der Waals surface area contributed by atoms with Crippen LogP contribution in [0.25, 0.3) is 10.8 Å². The van der Waals surface area contributed by atoms with Crippen LogP contribution in [0.5, 0.6) is 0 Å². The third-order valence-corrected chi connectivity index (χ3v) is 4.74. The first-order valence-electron chi connectivity index (χ1n) is 7.17. The molecule has 1 amide bonds. The summed E-state index contributed by atoms with van der Waals surface area (Å²) in [6.45, 7) is 1.30. The molecular formula is C17H14N2O2S. The molecule has 0 bridgehead atoms. The van der Waals surface area contributed by atoms with Gasteiger partial charge in [0, 0.05) is 12.0 Å². The minimum absolute atomic E-state index is 0.121. The smallest absolute Gasteiger partial charge is 0.258 e. The van der Waals surface area contributed by atoms with Crippen LogP contribution in [0, 0.1) is 0 Å². The first-order valence-corrected chi connectivity index (χ1v) is 7.98. The van der Waals surface area contributed by atoms with Gasteiger partial charge in [0.1, 0.15) is 0 Å². The molecule has 1 aromatic heterocycles. The quantitative estimate of drug-likeness (QED) is 0.786. The van der Waals surface area contributed by atoms with E-state index in [0.29, 0.717) is 23.9 Å². The molecule has 2 aromatic carbocycles. The molecule has 0 atom stereocenters. The number of carbonyl (C=O) groups excluding carboxylic acids is 1. The summed E-state index contributed by atoms with van der Waals surface area (Å²) in [5, 5.41) is 5.58. The van der Waals surface area contributed by atoms with E-state index in [1.54, 1.807) is 0 Å². The van der Waals surface area contributed by atoms with Crippen molar-refractivity contribution in [3.05, 3.63) is 58.6 Å². The first-order chi connectivity index (χ1) is 10.8. The summed E-state index contributed by atoms with van der Waals surface area (Å²) >= 11 is 1.50. The van der Waals surface area contributed by atoms with E-state index in [1.807, 2.05) is 42.5 Å². The Balaban J connectivity index is 1.65. The van der Waals surface area contributed by atoms with Crippen LogP contribution < -0.4 is 5.32 Å². The average Bonchev–Trinajstić information content (AvgIpc) is 2.96. The maximum Gasteiger partial charge on any atom is 0.258 e. The van der Waals surface area contributed by atoms with Crippen molar-refractivity contribution in [3.8, 4) is 0 Å². The summed E-state index contributed by atoms with van der Waals surface area (Å²) in [6.07, 6.45) is 0.815. The Kier molecular flexibility index (Phi) is 3.36. The topological polar surface area (TPSA) is 51.2 Å². The molecule has 5 heteroatoms. The van der Waals surface area contributed by atoms with Crippen LogP contribution in [0.15, 0.2) is 42.5 Å². The fraction of sp³-hybridized carbons (Fsp3) is 0.176. The summed E-state index contributed by atoms with van der Waals surface area (Å²) < 4.78 is 5.41. The molecule has 0 spiro atoms. The van der Waals surface area contributed by atoms with Gasteiger partial charge in [-0.25, -0.2) is 4.98 Å². The Hall–Kier alpha value is -2.24. The molecule has 0 unspecified atom stereocenters. The second kappa shape index (κ2) is 5.51. The van der Waals surface area contributed by atoms with Gasteiger partial charge in [0.25, 0.3) is 5.91 Å². The Morgan fingerprint density at radius 3 is 2.95 bits per heavy atom. The van der Waals surface area contributed by atoms with E-state index >= 15 is 0 Å². The minimum atomic E-state index is -0.121. The van der Waals surface area contributed by atoms with Gasteiger partial charge in [0.2, 0.25) is 0 Å². The van der Waals surface area contributed by atoms with Gasteiger partial charge < -0.3 is 4.74 Å². The molecule has 1 N–H and O–H groups in total. The molecule has 0 aliphatic carbocycles. The molecule has 22 heavy (non-hydrogen) atoms. The number of amides is 1. The summed E-state index contributed by atoms with van der Waals surface area (Å²) in [6, 6.07) is 13.6. The fourth-order valence-electron chi connectivity index (χ4n) is 2.67. The fourth-order valence-corrected chi connectivity index (χ4v) is 3.61. The predicted octanol–water partition coefficient (Wildman–Crippen LogP) is 3.62. The number of hydrogen-bond donors (Lipinski definition) is 1. The summed E-state index contributed by atoms with van der Waals surface area (Å²) in [4.78, 5) is 18.2. The van der Waals surface area contributed by atoms with E-state index in [9.17, 15) is 4.79 Å². The van der Waals surface area contributed by atoms with E-state index in [0.717, 1.165) is 27.8 Å². The molecule has 0 saturated carbocycles. The number of nitrogens with zero attached hydrogens (tertiary/aromatic N) is 1. The lowest BCUT2D eigenvalue weighted by Gasteiger charge is -2.08. The summed E-state index contributed by atoms with van der Waals surface area (Å²) in [7, 11) is 0. The zero-order valence-electron chi connectivity index (χ0n) is 11.8. The molecular weight excluding hydrogens is 296 g/mol. The summed E-state index contributed by atoms with van der Waals surface area (Å²) in [5.74, 6) is -0.121. The maximum absolute atomic E-state index is 12.6. The van der Waals surface area contributed by atoms with Crippen LogP contribution >= 0.6 is 11.3 Å². The van der Waals surface area contributed by atoms with Gasteiger partial charge in [0.05, 0.1) is 23.8 Å². The molecule has 110 valence electrons. The van der Waals surface area contributed by atoms with E-state index in [4.69, 9.17) is 4.74 Å². The molecule has 2 heterocycles. The van der Waals surface area contributed by atoms with Crippen molar-refractivity contribution in [2.75, 3.05) is 11.9 Å². The van der Waals surface area contributed by atoms with Crippen molar-refractivity contribution in [2.45, 2.75) is 13.0 Å². The van der Waals surface area contributed by atoms with Gasteiger partial charge in [-0.3, -0.25) is 10.1 Å². The lowest BCUT2D eigenvalue weighted by Crippen LogP contribution is -2.12. The van der Waals surface area contributed by atoms with Crippen LogP contribution in [0.3, 0.4) is 0 Å². The Labute approximate surface area is 131 Å². The van der Waals surface area contributed by atoms with Crippen LogP contribution in [0.1, 0.15) is 20.9 Å². The highest BCUT2D eigenvalue weighted by molar-refractivity contribution is 7.15. The largest absolute Gasteiger partial charge is 0.375 e. The highest BCUT2D eigenvalue weighted by Crippen LogP contribution is 2.28. The van der Waals surface area contributed by atoms with Gasteiger partial charge in [-0.05, 0) is 16.8 Å². The van der Waals surface area contributed by atoms with Gasteiger partial charge >= 0.3 is 0 Å². The third-order valence-electron chi connectivity index (χ3n) is 3.75. The van der Waals surface area contributed by atoms with Gasteiger partial charge in [-0.15, -0.1) is 0 Å². The number of ether oxygens (including phenoxy) is 1. The van der Waals surface area contributed by atoms with Gasteiger partial charge in [-0.1, -0.05) is 47.7 Å². The van der Waals surface area contributed by atoms with Crippen LogP contribution in [0.4, 0.5) is 5.13 Å². The molecule has 4 nitrogen and oxygen atoms in total. The SMILES string of the molecule is O=C(Nc1nc2c(s1)COCC2)c1cccc2ccccc12. The van der Waals surface area contributed by atoms with Crippen LogP contribution in [-0.4, -0.2) is 17.5 Å². The molecule has 1 aliphatic heterocycles. The number of benzene rings is 2. The Morgan fingerprint density at radius 1 is 1.18 bits per heavy atom. The molecule has 4 rings (SSSR count). The molecule has 0 fully saturated rings. The standard InChI is InChI=1S/C17H14N2O2S/c20-16(13-7-3-5-11-4-1-2-6-12(11)13)19-17-18-14-8-9-21-10-15(14)22-17/h1-7H,8-10H2,(H,18,19,20). The Bertz CT molecular complexity index is 828. The van der Waals surface area contributed by atoms with Crippen molar-refractivity contribution in [1.82, 2.24) is 4.98 Å². The van der Waals surface area contributed by atoms with Crippen molar-refractivity contribution in [3.63, 3.8) is 0 Å². The number of rotatable bonds is 2.